The van der Waals surface area contributed by atoms with E-state index >= 15 is 0 Å². The molecule has 12 heteroatoms. The first kappa shape index (κ1) is 36.9. The molecule has 1 saturated carbocycles. The second-order valence-electron chi connectivity index (χ2n) is 12.5. The Hall–Kier alpha value is -4.35. The molecule has 1 fully saturated rings. The van der Waals surface area contributed by atoms with Crippen molar-refractivity contribution in [2.45, 2.75) is 75.1 Å². The molecule has 5 rings (SSSR count). The van der Waals surface area contributed by atoms with Gasteiger partial charge >= 0.3 is 6.18 Å². The standard InChI is InChI=1S/C38H39ClF3N3O4S/c1-27-12-11-15-29(22-27)25-44(35(23-28-13-5-2-6-14-28)37(47)43-30-16-7-3-8-17-30)36(46)26-45(50(48,49)32-18-9-4-10-19-32)31-20-21-34(39)33(24-31)38(40,41)42/h2,4-6,9-15,18-22,24,30,35H,3,7-8,16-17,23,25-26H2,1H3,(H,43,47)/t35-/m1/s1. The van der Waals surface area contributed by atoms with Crippen molar-refractivity contribution in [2.24, 2.45) is 0 Å². The van der Waals surface area contributed by atoms with Crippen molar-refractivity contribution in [1.82, 2.24) is 10.2 Å². The molecule has 0 saturated heterocycles. The monoisotopic (exact) mass is 725 g/mol. The largest absolute Gasteiger partial charge is 0.417 e. The van der Waals surface area contributed by atoms with Gasteiger partial charge in [0.2, 0.25) is 11.8 Å². The first-order valence-corrected chi connectivity index (χ1v) is 18.3. The van der Waals surface area contributed by atoms with Gasteiger partial charge in [-0.05, 0) is 61.2 Å². The predicted octanol–water partition coefficient (Wildman–Crippen LogP) is 7.95. The van der Waals surface area contributed by atoms with Gasteiger partial charge < -0.3 is 10.2 Å². The lowest BCUT2D eigenvalue weighted by atomic mass is 9.94. The number of sulfonamides is 1. The summed E-state index contributed by atoms with van der Waals surface area (Å²) in [6.45, 7) is 0.952. The number of aryl methyl sites for hydroxylation is 1. The normalized spacial score (nSPS) is 14.5. The fourth-order valence-corrected chi connectivity index (χ4v) is 7.89. The molecule has 264 valence electrons. The van der Waals surface area contributed by atoms with E-state index in [-0.39, 0.29) is 29.8 Å². The molecular weight excluding hydrogens is 687 g/mol. The van der Waals surface area contributed by atoms with Crippen LogP contribution in [0.15, 0.2) is 108 Å². The summed E-state index contributed by atoms with van der Waals surface area (Å²) in [5, 5.41) is 2.52. The number of amides is 2. The third-order valence-corrected chi connectivity index (χ3v) is 10.9. The Bertz CT molecular complexity index is 1890. The molecule has 0 aromatic heterocycles. The lowest BCUT2D eigenvalue weighted by Crippen LogP contribution is -2.55. The topological polar surface area (TPSA) is 86.8 Å². The summed E-state index contributed by atoms with van der Waals surface area (Å²) in [5.74, 6) is -1.15. The molecule has 4 aromatic rings. The highest BCUT2D eigenvalue weighted by Gasteiger charge is 2.38. The molecule has 1 aliphatic rings. The first-order valence-electron chi connectivity index (χ1n) is 16.5. The number of hydrogen-bond acceptors (Lipinski definition) is 4. The van der Waals surface area contributed by atoms with Gasteiger partial charge in [-0.25, -0.2) is 8.42 Å². The van der Waals surface area contributed by atoms with E-state index in [1.165, 1.54) is 29.2 Å². The molecule has 1 aliphatic carbocycles. The van der Waals surface area contributed by atoms with Gasteiger partial charge in [0.05, 0.1) is 21.2 Å². The van der Waals surface area contributed by atoms with Gasteiger partial charge in [0, 0.05) is 19.0 Å². The molecule has 1 atom stereocenters. The Labute approximate surface area is 296 Å². The molecular formula is C38H39ClF3N3O4S. The van der Waals surface area contributed by atoms with Crippen molar-refractivity contribution in [1.29, 1.82) is 0 Å². The molecule has 0 radical (unpaired) electrons. The van der Waals surface area contributed by atoms with Crippen LogP contribution >= 0.6 is 11.6 Å². The Balaban J connectivity index is 1.60. The van der Waals surface area contributed by atoms with Gasteiger partial charge in [0.15, 0.2) is 0 Å². The molecule has 1 N–H and O–H groups in total. The van der Waals surface area contributed by atoms with Crippen LogP contribution in [0.2, 0.25) is 5.02 Å². The van der Waals surface area contributed by atoms with Crippen LogP contribution in [0.5, 0.6) is 0 Å². The number of benzene rings is 4. The number of alkyl halides is 3. The van der Waals surface area contributed by atoms with Crippen LogP contribution in [0.1, 0.15) is 54.4 Å². The molecule has 4 aromatic carbocycles. The maximum atomic E-state index is 14.7. The summed E-state index contributed by atoms with van der Waals surface area (Å²) in [6, 6.07) is 25.3. The minimum absolute atomic E-state index is 0.0518. The molecule has 0 aliphatic heterocycles. The Kier molecular flexibility index (Phi) is 11.9. The molecule has 0 heterocycles. The molecule has 2 amide bonds. The van der Waals surface area contributed by atoms with E-state index in [2.05, 4.69) is 5.32 Å². The Morgan fingerprint density at radius 2 is 1.50 bits per heavy atom. The maximum Gasteiger partial charge on any atom is 0.417 e. The van der Waals surface area contributed by atoms with Crippen molar-refractivity contribution >= 4 is 39.1 Å². The molecule has 0 bridgehead atoms. The van der Waals surface area contributed by atoms with Crippen LogP contribution in [0.25, 0.3) is 0 Å². The van der Waals surface area contributed by atoms with E-state index < -0.39 is 51.0 Å². The van der Waals surface area contributed by atoms with E-state index in [4.69, 9.17) is 11.6 Å². The minimum Gasteiger partial charge on any atom is -0.352 e. The summed E-state index contributed by atoms with van der Waals surface area (Å²) < 4.78 is 71.0. The third kappa shape index (κ3) is 9.25. The molecule has 0 spiro atoms. The van der Waals surface area contributed by atoms with Gasteiger partial charge in [-0.2, -0.15) is 13.2 Å². The Morgan fingerprint density at radius 3 is 2.14 bits per heavy atom. The van der Waals surface area contributed by atoms with Crippen molar-refractivity contribution in [3.05, 3.63) is 130 Å². The molecule has 50 heavy (non-hydrogen) atoms. The summed E-state index contributed by atoms with van der Waals surface area (Å²) >= 11 is 5.90. The number of carbonyl (C=O) groups is 2. The van der Waals surface area contributed by atoms with Gasteiger partial charge in [-0.1, -0.05) is 109 Å². The van der Waals surface area contributed by atoms with Gasteiger partial charge in [-0.3, -0.25) is 13.9 Å². The van der Waals surface area contributed by atoms with Crippen LogP contribution in [0, 0.1) is 6.92 Å². The smallest absolute Gasteiger partial charge is 0.352 e. The zero-order valence-corrected chi connectivity index (χ0v) is 29.1. The lowest BCUT2D eigenvalue weighted by molar-refractivity contribution is -0.140. The van der Waals surface area contributed by atoms with Crippen molar-refractivity contribution in [3.8, 4) is 0 Å². The zero-order valence-electron chi connectivity index (χ0n) is 27.6. The highest BCUT2D eigenvalue weighted by molar-refractivity contribution is 7.92. The number of carbonyl (C=O) groups excluding carboxylic acids is 2. The fourth-order valence-electron chi connectivity index (χ4n) is 6.24. The van der Waals surface area contributed by atoms with Crippen LogP contribution in [0.4, 0.5) is 18.9 Å². The Morgan fingerprint density at radius 1 is 0.860 bits per heavy atom. The zero-order chi connectivity index (χ0) is 35.9. The van der Waals surface area contributed by atoms with Crippen molar-refractivity contribution in [3.63, 3.8) is 0 Å². The summed E-state index contributed by atoms with van der Waals surface area (Å²) in [6.07, 6.45) is -0.158. The number of nitrogens with one attached hydrogen (secondary N) is 1. The number of nitrogens with zero attached hydrogens (tertiary/aromatic N) is 2. The van der Waals surface area contributed by atoms with Crippen LogP contribution in [-0.2, 0) is 38.8 Å². The predicted molar refractivity (Wildman–Crippen MR) is 188 cm³/mol. The van der Waals surface area contributed by atoms with Crippen LogP contribution in [0.3, 0.4) is 0 Å². The highest BCUT2D eigenvalue weighted by Crippen LogP contribution is 2.38. The van der Waals surface area contributed by atoms with Crippen LogP contribution in [-0.4, -0.2) is 43.8 Å². The maximum absolute atomic E-state index is 14.7. The quantitative estimate of drug-likeness (QED) is 0.161. The van der Waals surface area contributed by atoms with Crippen molar-refractivity contribution in [2.75, 3.05) is 10.8 Å². The first-order chi connectivity index (χ1) is 23.8. The highest BCUT2D eigenvalue weighted by atomic mass is 35.5. The second-order valence-corrected chi connectivity index (χ2v) is 14.8. The minimum atomic E-state index is -4.89. The molecule has 0 unspecified atom stereocenters. The summed E-state index contributed by atoms with van der Waals surface area (Å²) in [7, 11) is -4.59. The van der Waals surface area contributed by atoms with Gasteiger partial charge in [-0.15, -0.1) is 0 Å². The van der Waals surface area contributed by atoms with E-state index in [1.54, 1.807) is 12.1 Å². The van der Waals surface area contributed by atoms with Crippen LogP contribution < -0.4 is 9.62 Å². The van der Waals surface area contributed by atoms with Gasteiger partial charge in [0.25, 0.3) is 10.0 Å². The number of anilines is 1. The van der Waals surface area contributed by atoms with E-state index in [0.29, 0.717) is 15.9 Å². The SMILES string of the molecule is Cc1cccc(CN(C(=O)CN(c2ccc(Cl)c(C(F)(F)F)c2)S(=O)(=O)c2ccccc2)[C@H](Cc2ccccc2)C(=O)NC2CCCCC2)c1. The summed E-state index contributed by atoms with van der Waals surface area (Å²) in [5.41, 5.74) is 0.739. The van der Waals surface area contributed by atoms with Crippen molar-refractivity contribution < 1.29 is 31.2 Å². The number of rotatable bonds is 12. The lowest BCUT2D eigenvalue weighted by Gasteiger charge is -2.35. The van der Waals surface area contributed by atoms with E-state index in [1.807, 2.05) is 55.5 Å². The average Bonchev–Trinajstić information content (AvgIpc) is 3.09. The van der Waals surface area contributed by atoms with Gasteiger partial charge in [0.1, 0.15) is 12.6 Å². The average molecular weight is 726 g/mol. The second kappa shape index (κ2) is 16.1. The fraction of sp³-hybridized carbons (Fsp3) is 0.316. The number of hydrogen-bond donors (Lipinski definition) is 1. The van der Waals surface area contributed by atoms with E-state index in [9.17, 15) is 31.2 Å². The molecule has 7 nitrogen and oxygen atoms in total. The summed E-state index contributed by atoms with van der Waals surface area (Å²) in [4.78, 5) is 30.0. The van der Waals surface area contributed by atoms with E-state index in [0.717, 1.165) is 55.4 Å². The third-order valence-electron chi connectivity index (χ3n) is 8.81. The number of halogens is 4.